The largest absolute Gasteiger partial charge is 0.347 e. The lowest BCUT2D eigenvalue weighted by Gasteiger charge is -2.22. The molecule has 0 radical (unpaired) electrons. The van der Waals surface area contributed by atoms with E-state index in [0.717, 1.165) is 19.3 Å². The van der Waals surface area contributed by atoms with Gasteiger partial charge in [0, 0.05) is 30.2 Å². The smallest absolute Gasteiger partial charge is 0.251 e. The van der Waals surface area contributed by atoms with Crippen molar-refractivity contribution in [2.75, 3.05) is 0 Å². The summed E-state index contributed by atoms with van der Waals surface area (Å²) in [7, 11) is 0. The van der Waals surface area contributed by atoms with Crippen molar-refractivity contribution in [1.29, 1.82) is 0 Å². The van der Waals surface area contributed by atoms with E-state index in [4.69, 9.17) is 0 Å². The van der Waals surface area contributed by atoms with Crippen molar-refractivity contribution >= 4 is 21.8 Å². The number of halogens is 1. The van der Waals surface area contributed by atoms with Gasteiger partial charge in [0.05, 0.1) is 12.4 Å². The third kappa shape index (κ3) is 2.75. The van der Waals surface area contributed by atoms with Crippen molar-refractivity contribution < 1.29 is 4.79 Å². The first kappa shape index (κ1) is 13.3. The summed E-state index contributed by atoms with van der Waals surface area (Å²) in [5.74, 6) is -0.0508. The Bertz CT molecular complexity index is 599. The molecule has 6 heteroatoms. The Kier molecular flexibility index (Phi) is 3.82. The van der Waals surface area contributed by atoms with Crippen molar-refractivity contribution in [2.45, 2.75) is 31.3 Å². The molecule has 1 fully saturated rings. The summed E-state index contributed by atoms with van der Waals surface area (Å²) in [5, 5.41) is 3.12. The summed E-state index contributed by atoms with van der Waals surface area (Å²) in [6.45, 7) is 0. The van der Waals surface area contributed by atoms with E-state index in [9.17, 15) is 4.79 Å². The van der Waals surface area contributed by atoms with Crippen LogP contribution in [0.5, 0.6) is 0 Å². The average Bonchev–Trinajstić information content (AvgIpc) is 3.08. The molecule has 0 saturated heterocycles. The fourth-order valence-electron chi connectivity index (χ4n) is 2.73. The molecule has 2 unspecified atom stereocenters. The van der Waals surface area contributed by atoms with Gasteiger partial charge in [-0.3, -0.25) is 4.79 Å². The molecule has 2 aromatic rings. The van der Waals surface area contributed by atoms with Gasteiger partial charge in [0.2, 0.25) is 0 Å². The average molecular weight is 335 g/mol. The quantitative estimate of drug-likeness (QED) is 0.877. The Morgan fingerprint density at radius 2 is 2.30 bits per heavy atom. The fourth-order valence-corrected chi connectivity index (χ4v) is 3.09. The van der Waals surface area contributed by atoms with Gasteiger partial charge in [-0.15, -0.1) is 0 Å². The summed E-state index contributed by atoms with van der Waals surface area (Å²) >= 11 is 3.28. The summed E-state index contributed by atoms with van der Waals surface area (Å²) in [6.07, 6.45) is 10.4. The SMILES string of the molecule is O=C(NC1CCCC1n1ccnc1)c1ccnc(Br)c1. The molecular weight excluding hydrogens is 320 g/mol. The van der Waals surface area contributed by atoms with Gasteiger partial charge in [-0.1, -0.05) is 0 Å². The van der Waals surface area contributed by atoms with E-state index < -0.39 is 0 Å². The predicted octanol–water partition coefficient (Wildman–Crippen LogP) is 2.56. The molecule has 0 bridgehead atoms. The molecule has 1 aliphatic carbocycles. The van der Waals surface area contributed by atoms with Crippen molar-refractivity contribution in [3.63, 3.8) is 0 Å². The van der Waals surface area contributed by atoms with Crippen LogP contribution in [0.3, 0.4) is 0 Å². The van der Waals surface area contributed by atoms with Gasteiger partial charge in [-0.25, -0.2) is 9.97 Å². The summed E-state index contributed by atoms with van der Waals surface area (Å²) in [4.78, 5) is 20.4. The zero-order valence-electron chi connectivity index (χ0n) is 10.9. The third-order valence-corrected chi connectivity index (χ3v) is 4.13. The second-order valence-corrected chi connectivity index (χ2v) is 5.77. The molecule has 20 heavy (non-hydrogen) atoms. The molecular formula is C14H15BrN4O. The number of imidazole rings is 1. The van der Waals surface area contributed by atoms with Crippen LogP contribution in [-0.2, 0) is 0 Å². The number of nitrogens with zero attached hydrogens (tertiary/aromatic N) is 3. The lowest BCUT2D eigenvalue weighted by Crippen LogP contribution is -2.38. The van der Waals surface area contributed by atoms with Crippen LogP contribution in [0.4, 0.5) is 0 Å². The van der Waals surface area contributed by atoms with Crippen LogP contribution in [0, 0.1) is 0 Å². The number of hydrogen-bond donors (Lipinski definition) is 1. The molecule has 1 N–H and O–H groups in total. The van der Waals surface area contributed by atoms with E-state index in [1.807, 2.05) is 12.5 Å². The molecule has 2 aromatic heterocycles. The zero-order valence-corrected chi connectivity index (χ0v) is 12.5. The van der Waals surface area contributed by atoms with Crippen LogP contribution in [0.25, 0.3) is 0 Å². The normalized spacial score (nSPS) is 21.9. The Labute approximate surface area is 125 Å². The maximum atomic E-state index is 12.3. The van der Waals surface area contributed by atoms with Crippen molar-refractivity contribution in [1.82, 2.24) is 19.9 Å². The van der Waals surface area contributed by atoms with E-state index in [2.05, 4.69) is 35.8 Å². The first-order valence-corrected chi connectivity index (χ1v) is 7.43. The second kappa shape index (κ2) is 5.75. The molecule has 1 aliphatic rings. The van der Waals surface area contributed by atoms with Crippen molar-refractivity contribution in [3.8, 4) is 0 Å². The van der Waals surface area contributed by atoms with Crippen molar-refractivity contribution in [3.05, 3.63) is 47.2 Å². The minimum Gasteiger partial charge on any atom is -0.347 e. The van der Waals surface area contributed by atoms with Crippen LogP contribution < -0.4 is 5.32 Å². The molecule has 104 valence electrons. The molecule has 2 atom stereocenters. The molecule has 3 rings (SSSR count). The predicted molar refractivity (Wildman–Crippen MR) is 78.3 cm³/mol. The number of nitrogens with one attached hydrogen (secondary N) is 1. The fraction of sp³-hybridized carbons (Fsp3) is 0.357. The van der Waals surface area contributed by atoms with E-state index in [1.165, 1.54) is 0 Å². The molecule has 2 heterocycles. The highest BCUT2D eigenvalue weighted by atomic mass is 79.9. The number of rotatable bonds is 3. The monoisotopic (exact) mass is 334 g/mol. The number of pyridine rings is 1. The number of aromatic nitrogens is 3. The highest BCUT2D eigenvalue weighted by Gasteiger charge is 2.29. The first-order valence-electron chi connectivity index (χ1n) is 6.64. The summed E-state index contributed by atoms with van der Waals surface area (Å²) in [5.41, 5.74) is 0.628. The maximum absolute atomic E-state index is 12.3. The molecule has 0 spiro atoms. The molecule has 1 amide bonds. The van der Waals surface area contributed by atoms with Crippen LogP contribution in [0.1, 0.15) is 35.7 Å². The number of carbonyl (C=O) groups excluding carboxylic acids is 1. The lowest BCUT2D eigenvalue weighted by molar-refractivity contribution is 0.0928. The highest BCUT2D eigenvalue weighted by molar-refractivity contribution is 9.10. The highest BCUT2D eigenvalue weighted by Crippen LogP contribution is 2.30. The van der Waals surface area contributed by atoms with Crippen LogP contribution in [0.15, 0.2) is 41.7 Å². The van der Waals surface area contributed by atoms with Crippen LogP contribution in [0.2, 0.25) is 0 Å². The van der Waals surface area contributed by atoms with Gasteiger partial charge in [0.15, 0.2) is 0 Å². The Morgan fingerprint density at radius 1 is 1.40 bits per heavy atom. The molecule has 0 aliphatic heterocycles. The number of carbonyl (C=O) groups is 1. The van der Waals surface area contributed by atoms with Gasteiger partial charge < -0.3 is 9.88 Å². The van der Waals surface area contributed by atoms with Gasteiger partial charge >= 0.3 is 0 Å². The summed E-state index contributed by atoms with van der Waals surface area (Å²) < 4.78 is 2.75. The number of amides is 1. The third-order valence-electron chi connectivity index (χ3n) is 3.69. The maximum Gasteiger partial charge on any atom is 0.251 e. The minimum absolute atomic E-state index is 0.0508. The van der Waals surface area contributed by atoms with E-state index >= 15 is 0 Å². The minimum atomic E-state index is -0.0508. The van der Waals surface area contributed by atoms with Gasteiger partial charge in [-0.2, -0.15) is 0 Å². The lowest BCUT2D eigenvalue weighted by atomic mass is 10.1. The van der Waals surface area contributed by atoms with Crippen LogP contribution in [-0.4, -0.2) is 26.5 Å². The number of hydrogen-bond acceptors (Lipinski definition) is 3. The Hall–Kier alpha value is -1.69. The molecule has 0 aromatic carbocycles. The Morgan fingerprint density at radius 3 is 3.05 bits per heavy atom. The van der Waals surface area contributed by atoms with Gasteiger partial charge in [0.1, 0.15) is 4.60 Å². The van der Waals surface area contributed by atoms with Crippen LogP contribution >= 0.6 is 15.9 Å². The Balaban J connectivity index is 1.72. The van der Waals surface area contributed by atoms with Gasteiger partial charge in [-0.05, 0) is 47.3 Å². The second-order valence-electron chi connectivity index (χ2n) is 4.96. The zero-order chi connectivity index (χ0) is 13.9. The topological polar surface area (TPSA) is 59.8 Å². The molecule has 1 saturated carbocycles. The first-order chi connectivity index (χ1) is 9.74. The van der Waals surface area contributed by atoms with Gasteiger partial charge in [0.25, 0.3) is 5.91 Å². The summed E-state index contributed by atoms with van der Waals surface area (Å²) in [6, 6.07) is 3.91. The molecule has 5 nitrogen and oxygen atoms in total. The standard InChI is InChI=1S/C14H15BrN4O/c15-13-8-10(4-5-17-13)14(20)18-11-2-1-3-12(11)19-7-6-16-9-19/h4-9,11-12H,1-3H2,(H,18,20). The van der Waals surface area contributed by atoms with E-state index in [0.29, 0.717) is 16.2 Å². The van der Waals surface area contributed by atoms with Crippen molar-refractivity contribution in [2.24, 2.45) is 0 Å². The van der Waals surface area contributed by atoms with E-state index in [-0.39, 0.29) is 11.9 Å². The van der Waals surface area contributed by atoms with E-state index in [1.54, 1.807) is 24.5 Å².